The monoisotopic (exact) mass is 499 g/mol. The van der Waals surface area contributed by atoms with Gasteiger partial charge >= 0.3 is 0 Å². The number of benzene rings is 1. The predicted octanol–water partition coefficient (Wildman–Crippen LogP) is 3.60. The van der Waals surface area contributed by atoms with Crippen LogP contribution in [0.5, 0.6) is 0 Å². The summed E-state index contributed by atoms with van der Waals surface area (Å²) in [6, 6.07) is 10.1. The van der Waals surface area contributed by atoms with E-state index in [0.29, 0.717) is 5.82 Å². The number of anilines is 1. The van der Waals surface area contributed by atoms with Crippen molar-refractivity contribution in [1.29, 1.82) is 0 Å². The number of nitrogens with two attached hydrogens (primary N) is 1. The molecule has 160 valence electrons. The van der Waals surface area contributed by atoms with Crippen molar-refractivity contribution >= 4 is 55.4 Å². The lowest BCUT2D eigenvalue weighted by atomic mass is 10.0. The molecule has 1 saturated heterocycles. The van der Waals surface area contributed by atoms with Crippen LogP contribution in [-0.4, -0.2) is 47.2 Å². The van der Waals surface area contributed by atoms with Gasteiger partial charge in [0.25, 0.3) is 0 Å². The Morgan fingerprint density at radius 2 is 2.00 bits per heavy atom. The number of pyridine rings is 1. The molecule has 5 rings (SSSR count). The van der Waals surface area contributed by atoms with Crippen molar-refractivity contribution in [1.82, 2.24) is 19.5 Å². The van der Waals surface area contributed by atoms with Crippen LogP contribution in [0.4, 0.5) is 5.82 Å². The number of aliphatic hydroxyl groups is 2. The maximum atomic E-state index is 10.8. The standard InChI is InChI=1S/C22H22BrN5O2S/c1-11-14-6-7-28(21(14)26-10-25-11)22-19(30)18(29)17(31-22)5-3-12-2-4-13-9-15(23)20(24)27-16(13)8-12/h2,4,6-10,17-19,22,29-30H,3,5H2,1H3,(H2,24,27)/t17-,18-,19-,22-/m1/s1. The molecule has 0 bridgehead atoms. The summed E-state index contributed by atoms with van der Waals surface area (Å²) in [6.45, 7) is 1.94. The summed E-state index contributed by atoms with van der Waals surface area (Å²) in [6.07, 6.45) is 3.30. The Morgan fingerprint density at radius 1 is 1.16 bits per heavy atom. The van der Waals surface area contributed by atoms with E-state index in [2.05, 4.69) is 36.9 Å². The van der Waals surface area contributed by atoms with E-state index in [9.17, 15) is 10.2 Å². The number of aromatic nitrogens is 4. The molecule has 1 aliphatic rings. The average Bonchev–Trinajstić information content (AvgIpc) is 3.30. The number of hydrogen-bond acceptors (Lipinski definition) is 7. The third-order valence-corrected chi connectivity index (χ3v) is 8.18. The molecular formula is C22H22BrN5O2S. The number of fused-ring (bicyclic) bond motifs is 2. The van der Waals surface area contributed by atoms with Crippen molar-refractivity contribution in [2.45, 2.75) is 42.6 Å². The molecule has 7 nitrogen and oxygen atoms in total. The first-order valence-corrected chi connectivity index (χ1v) is 11.8. The highest BCUT2D eigenvalue weighted by atomic mass is 79.9. The first-order chi connectivity index (χ1) is 14.9. The third kappa shape index (κ3) is 3.69. The second kappa shape index (κ2) is 8.05. The number of rotatable bonds is 4. The molecule has 4 heterocycles. The molecule has 4 aromatic rings. The maximum absolute atomic E-state index is 10.8. The van der Waals surface area contributed by atoms with Crippen molar-refractivity contribution in [2.24, 2.45) is 0 Å². The van der Waals surface area contributed by atoms with Crippen LogP contribution in [0.15, 0.2) is 47.3 Å². The highest BCUT2D eigenvalue weighted by Crippen LogP contribution is 2.45. The van der Waals surface area contributed by atoms with E-state index in [4.69, 9.17) is 5.73 Å². The molecule has 0 saturated carbocycles. The van der Waals surface area contributed by atoms with Gasteiger partial charge in [0.05, 0.1) is 21.8 Å². The van der Waals surface area contributed by atoms with Crippen LogP contribution in [0.25, 0.3) is 21.9 Å². The van der Waals surface area contributed by atoms with Gasteiger partial charge in [-0.15, -0.1) is 11.8 Å². The number of nitrogens with zero attached hydrogens (tertiary/aromatic N) is 4. The molecule has 0 amide bonds. The Balaban J connectivity index is 1.34. The van der Waals surface area contributed by atoms with Gasteiger partial charge in [-0.05, 0) is 59.5 Å². The maximum Gasteiger partial charge on any atom is 0.144 e. The fourth-order valence-corrected chi connectivity index (χ4v) is 6.06. The molecule has 31 heavy (non-hydrogen) atoms. The van der Waals surface area contributed by atoms with E-state index in [0.717, 1.165) is 50.5 Å². The highest BCUT2D eigenvalue weighted by Gasteiger charge is 2.43. The third-order valence-electron chi connectivity index (χ3n) is 5.90. The molecule has 1 aliphatic heterocycles. The molecule has 0 spiro atoms. The Hall–Kier alpha value is -2.20. The molecule has 0 aliphatic carbocycles. The van der Waals surface area contributed by atoms with E-state index in [-0.39, 0.29) is 10.6 Å². The van der Waals surface area contributed by atoms with E-state index in [1.165, 1.54) is 6.33 Å². The van der Waals surface area contributed by atoms with Crippen LogP contribution in [-0.2, 0) is 6.42 Å². The van der Waals surface area contributed by atoms with Crippen LogP contribution < -0.4 is 5.73 Å². The minimum atomic E-state index is -0.865. The number of nitrogen functional groups attached to an aromatic ring is 1. The molecular weight excluding hydrogens is 478 g/mol. The fourth-order valence-electron chi connectivity index (χ4n) is 4.17. The lowest BCUT2D eigenvalue weighted by Gasteiger charge is -2.17. The van der Waals surface area contributed by atoms with Crippen LogP contribution >= 0.6 is 27.7 Å². The zero-order valence-corrected chi connectivity index (χ0v) is 19.2. The van der Waals surface area contributed by atoms with Crippen molar-refractivity contribution in [2.75, 3.05) is 5.73 Å². The topological polar surface area (TPSA) is 110 Å². The van der Waals surface area contributed by atoms with Gasteiger partial charge < -0.3 is 20.5 Å². The normalized spacial score (nSPS) is 23.7. The number of hydrogen-bond donors (Lipinski definition) is 3. The number of thioether (sulfide) groups is 1. The minimum Gasteiger partial charge on any atom is -0.389 e. The molecule has 9 heteroatoms. The molecule has 4 N–H and O–H groups in total. The van der Waals surface area contributed by atoms with E-state index < -0.39 is 12.2 Å². The highest BCUT2D eigenvalue weighted by molar-refractivity contribution is 9.10. The van der Waals surface area contributed by atoms with E-state index in [1.807, 2.05) is 42.0 Å². The van der Waals surface area contributed by atoms with Gasteiger partial charge in [-0.1, -0.05) is 12.1 Å². The van der Waals surface area contributed by atoms with E-state index in [1.54, 1.807) is 11.8 Å². The summed E-state index contributed by atoms with van der Waals surface area (Å²) in [5.74, 6) is 0.468. The summed E-state index contributed by atoms with van der Waals surface area (Å²) in [5, 5.41) is 23.1. The van der Waals surface area contributed by atoms with Crippen molar-refractivity contribution in [3.05, 3.63) is 58.6 Å². The summed E-state index contributed by atoms with van der Waals surface area (Å²) < 4.78 is 2.74. The molecule has 1 fully saturated rings. The van der Waals surface area contributed by atoms with Crippen molar-refractivity contribution in [3.63, 3.8) is 0 Å². The molecule has 4 atom stereocenters. The van der Waals surface area contributed by atoms with Gasteiger partial charge in [0, 0.05) is 22.2 Å². The molecule has 1 aromatic carbocycles. The minimum absolute atomic E-state index is 0.0842. The Labute approximate surface area is 191 Å². The largest absolute Gasteiger partial charge is 0.389 e. The van der Waals surface area contributed by atoms with Crippen molar-refractivity contribution in [3.8, 4) is 0 Å². The SMILES string of the molecule is Cc1ncnc2c1ccn2[C@@H]1S[C@H](CCc2ccc3cc(Br)c(N)nc3c2)[C@@H](O)[C@H]1O. The van der Waals surface area contributed by atoms with Gasteiger partial charge in [-0.2, -0.15) is 0 Å². The van der Waals surface area contributed by atoms with Gasteiger partial charge in [0.2, 0.25) is 0 Å². The van der Waals surface area contributed by atoms with Gasteiger partial charge in [-0.3, -0.25) is 0 Å². The number of aryl methyl sites for hydroxylation is 2. The van der Waals surface area contributed by atoms with E-state index >= 15 is 0 Å². The van der Waals surface area contributed by atoms with Gasteiger partial charge in [0.15, 0.2) is 0 Å². The van der Waals surface area contributed by atoms with Crippen LogP contribution in [0.3, 0.4) is 0 Å². The van der Waals surface area contributed by atoms with Gasteiger partial charge in [0.1, 0.15) is 29.3 Å². The summed E-state index contributed by atoms with van der Waals surface area (Å²) in [5.41, 5.74) is 9.58. The zero-order valence-electron chi connectivity index (χ0n) is 16.8. The first-order valence-electron chi connectivity index (χ1n) is 10.1. The lowest BCUT2D eigenvalue weighted by molar-refractivity contribution is 0.0176. The second-order valence-electron chi connectivity index (χ2n) is 7.89. The Morgan fingerprint density at radius 3 is 2.84 bits per heavy atom. The summed E-state index contributed by atoms with van der Waals surface area (Å²) in [4.78, 5) is 13.1. The first kappa shape index (κ1) is 20.7. The quantitative estimate of drug-likeness (QED) is 0.393. The Bertz CT molecular complexity index is 1280. The van der Waals surface area contributed by atoms with Gasteiger partial charge in [-0.25, -0.2) is 15.0 Å². The molecule has 3 aromatic heterocycles. The van der Waals surface area contributed by atoms with Crippen LogP contribution in [0, 0.1) is 6.92 Å². The average molecular weight is 500 g/mol. The van der Waals surface area contributed by atoms with Crippen LogP contribution in [0.2, 0.25) is 0 Å². The predicted molar refractivity (Wildman–Crippen MR) is 127 cm³/mol. The summed E-state index contributed by atoms with van der Waals surface area (Å²) in [7, 11) is 0. The molecule has 0 unspecified atom stereocenters. The van der Waals surface area contributed by atoms with Crippen molar-refractivity contribution < 1.29 is 10.2 Å². The number of halogens is 1. The summed E-state index contributed by atoms with van der Waals surface area (Å²) >= 11 is 5.00. The zero-order chi connectivity index (χ0) is 21.7. The smallest absolute Gasteiger partial charge is 0.144 e. The lowest BCUT2D eigenvalue weighted by Crippen LogP contribution is -2.31. The van der Waals surface area contributed by atoms with Crippen LogP contribution in [0.1, 0.15) is 23.1 Å². The second-order valence-corrected chi connectivity index (χ2v) is 10.1. The number of aliphatic hydroxyl groups excluding tert-OH is 2. The Kier molecular flexibility index (Phi) is 5.37. The molecule has 0 radical (unpaired) electrons. The fraction of sp³-hybridized carbons (Fsp3) is 0.318.